The van der Waals surface area contributed by atoms with Crippen LogP contribution in [-0.4, -0.2) is 52.5 Å². The van der Waals surface area contributed by atoms with Crippen molar-refractivity contribution in [3.63, 3.8) is 0 Å². The fourth-order valence-corrected chi connectivity index (χ4v) is 6.28. The van der Waals surface area contributed by atoms with Crippen molar-refractivity contribution in [3.05, 3.63) is 61.8 Å². The normalized spacial score (nSPS) is 16.9. The summed E-state index contributed by atoms with van der Waals surface area (Å²) in [6, 6.07) is 9.51. The van der Waals surface area contributed by atoms with Gasteiger partial charge >= 0.3 is 5.97 Å². The summed E-state index contributed by atoms with van der Waals surface area (Å²) in [7, 11) is 1.60. The quantitative estimate of drug-likeness (QED) is 0.258. The molecular weight excluding hydrogens is 548 g/mol. The molecule has 2 saturated heterocycles. The molecule has 0 unspecified atom stereocenters. The lowest BCUT2D eigenvalue weighted by molar-refractivity contribution is -0.148. The van der Waals surface area contributed by atoms with E-state index in [1.807, 2.05) is 31.2 Å². The Morgan fingerprint density at radius 3 is 2.45 bits per heavy atom. The van der Waals surface area contributed by atoms with E-state index in [9.17, 15) is 19.6 Å². The number of anilines is 1. The zero-order valence-corrected chi connectivity index (χ0v) is 24.7. The lowest BCUT2D eigenvalue weighted by Gasteiger charge is -2.35. The molecule has 0 radical (unpaired) electrons. The predicted octanol–water partition coefficient (Wildman–Crippen LogP) is 4.24. The number of hydrogen-bond donors (Lipinski definition) is 0. The Labute approximate surface area is 243 Å². The summed E-state index contributed by atoms with van der Waals surface area (Å²) in [5.74, 6) is 0.737. The Kier molecular flexibility index (Phi) is 9.32. The van der Waals surface area contributed by atoms with E-state index >= 15 is 0 Å². The second-order valence-corrected chi connectivity index (χ2v) is 11.2. The van der Waals surface area contributed by atoms with Gasteiger partial charge in [0.1, 0.15) is 27.5 Å². The van der Waals surface area contributed by atoms with E-state index in [0.29, 0.717) is 71.8 Å². The maximum absolute atomic E-state index is 13.5. The van der Waals surface area contributed by atoms with Crippen LogP contribution in [0.4, 0.5) is 5.82 Å². The van der Waals surface area contributed by atoms with Gasteiger partial charge in [0.25, 0.3) is 11.5 Å². The molecule has 0 N–H and O–H groups in total. The van der Waals surface area contributed by atoms with Gasteiger partial charge in [0.15, 0.2) is 0 Å². The smallest absolute Gasteiger partial charge is 0.309 e. The largest absolute Gasteiger partial charge is 0.497 e. The van der Waals surface area contributed by atoms with E-state index in [2.05, 4.69) is 11.0 Å². The van der Waals surface area contributed by atoms with E-state index in [1.165, 1.54) is 11.8 Å². The first-order chi connectivity index (χ1) is 19.2. The van der Waals surface area contributed by atoms with Gasteiger partial charge < -0.3 is 14.4 Å². The van der Waals surface area contributed by atoms with Crippen LogP contribution < -0.4 is 15.2 Å². The number of carbonyl (C=O) groups is 2. The van der Waals surface area contributed by atoms with Crippen molar-refractivity contribution in [1.82, 2.24) is 9.47 Å². The summed E-state index contributed by atoms with van der Waals surface area (Å²) >= 11 is 6.77. The molecule has 0 bridgehead atoms. The molecule has 2 aliphatic rings. The molecule has 210 valence electrons. The summed E-state index contributed by atoms with van der Waals surface area (Å²) in [5, 5.41) is 9.83. The lowest BCUT2D eigenvalue weighted by Crippen LogP contribution is -2.41. The van der Waals surface area contributed by atoms with Gasteiger partial charge in [-0.2, -0.15) is 5.26 Å². The molecule has 0 atom stereocenters. The summed E-state index contributed by atoms with van der Waals surface area (Å²) in [6.07, 6.45) is 2.92. The van der Waals surface area contributed by atoms with Gasteiger partial charge in [-0.25, -0.2) is 0 Å². The molecular formula is C29H32N4O5S2. The minimum atomic E-state index is -0.366. The zero-order chi connectivity index (χ0) is 29.0. The maximum Gasteiger partial charge on any atom is 0.309 e. The SMILES string of the molecule is CCOC(=O)C1CCN(c2c(/C=C3/SC(=S)N(Cc4ccc(OC)cc4)C3=O)c(C)c(C#N)c(=O)n2CC)CC1. The Bertz CT molecular complexity index is 1450. The Morgan fingerprint density at radius 2 is 1.88 bits per heavy atom. The Morgan fingerprint density at radius 1 is 1.20 bits per heavy atom. The average molecular weight is 581 g/mol. The highest BCUT2D eigenvalue weighted by Crippen LogP contribution is 2.37. The number of thioether (sulfide) groups is 1. The fraction of sp³-hybridized carbons (Fsp3) is 0.414. The van der Waals surface area contributed by atoms with Crippen LogP contribution >= 0.6 is 24.0 Å². The predicted molar refractivity (Wildman–Crippen MR) is 159 cm³/mol. The van der Waals surface area contributed by atoms with Crippen LogP contribution in [0.1, 0.15) is 48.9 Å². The highest BCUT2D eigenvalue weighted by molar-refractivity contribution is 8.26. The van der Waals surface area contributed by atoms with Gasteiger partial charge in [0.2, 0.25) is 0 Å². The van der Waals surface area contributed by atoms with Gasteiger partial charge in [-0.1, -0.05) is 36.1 Å². The topological polar surface area (TPSA) is 105 Å². The van der Waals surface area contributed by atoms with Gasteiger partial charge in [-0.15, -0.1) is 0 Å². The molecule has 1 aromatic heterocycles. The number of carbonyl (C=O) groups excluding carboxylic acids is 2. The third kappa shape index (κ3) is 5.78. The van der Waals surface area contributed by atoms with Crippen LogP contribution in [0.15, 0.2) is 34.0 Å². The summed E-state index contributed by atoms with van der Waals surface area (Å²) < 4.78 is 12.5. The van der Waals surface area contributed by atoms with E-state index in [4.69, 9.17) is 21.7 Å². The highest BCUT2D eigenvalue weighted by atomic mass is 32.2. The van der Waals surface area contributed by atoms with Crippen molar-refractivity contribution >= 4 is 52.1 Å². The minimum Gasteiger partial charge on any atom is -0.497 e. The van der Waals surface area contributed by atoms with Crippen LogP contribution in [0.25, 0.3) is 6.08 Å². The zero-order valence-electron chi connectivity index (χ0n) is 23.1. The fourth-order valence-electron chi connectivity index (χ4n) is 5.05. The number of esters is 1. The van der Waals surface area contributed by atoms with Crippen LogP contribution in [0.3, 0.4) is 0 Å². The van der Waals surface area contributed by atoms with Crippen molar-refractivity contribution in [2.75, 3.05) is 31.7 Å². The first-order valence-electron chi connectivity index (χ1n) is 13.2. The second-order valence-electron chi connectivity index (χ2n) is 9.53. The van der Waals surface area contributed by atoms with Crippen molar-refractivity contribution in [3.8, 4) is 11.8 Å². The molecule has 2 fully saturated rings. The van der Waals surface area contributed by atoms with Crippen LogP contribution in [0, 0.1) is 24.2 Å². The van der Waals surface area contributed by atoms with Gasteiger partial charge in [0.05, 0.1) is 31.1 Å². The molecule has 40 heavy (non-hydrogen) atoms. The number of piperidine rings is 1. The molecule has 0 spiro atoms. The average Bonchev–Trinajstić information content (AvgIpc) is 3.22. The van der Waals surface area contributed by atoms with Crippen LogP contribution in [0.5, 0.6) is 5.75 Å². The number of amides is 1. The van der Waals surface area contributed by atoms with E-state index in [1.54, 1.807) is 36.5 Å². The number of nitriles is 1. The molecule has 1 aromatic carbocycles. The molecule has 11 heteroatoms. The number of rotatable bonds is 8. The number of benzene rings is 1. The summed E-state index contributed by atoms with van der Waals surface area (Å²) in [5.41, 5.74) is 1.74. The molecule has 4 rings (SSSR count). The summed E-state index contributed by atoms with van der Waals surface area (Å²) in [6.45, 7) is 7.45. The van der Waals surface area contributed by atoms with E-state index < -0.39 is 0 Å². The number of aromatic nitrogens is 1. The monoisotopic (exact) mass is 580 g/mol. The number of nitrogens with zero attached hydrogens (tertiary/aromatic N) is 4. The van der Waals surface area contributed by atoms with E-state index in [0.717, 1.165) is 11.3 Å². The molecule has 3 heterocycles. The second kappa shape index (κ2) is 12.7. The molecule has 0 aliphatic carbocycles. The molecule has 0 saturated carbocycles. The first kappa shape index (κ1) is 29.4. The molecule has 1 amide bonds. The number of pyridine rings is 1. The molecule has 2 aliphatic heterocycles. The third-order valence-corrected chi connectivity index (χ3v) is 8.60. The van der Waals surface area contributed by atoms with Gasteiger partial charge in [0, 0.05) is 25.2 Å². The van der Waals surface area contributed by atoms with E-state index in [-0.39, 0.29) is 28.9 Å². The van der Waals surface area contributed by atoms with Crippen molar-refractivity contribution in [1.29, 1.82) is 5.26 Å². The standard InChI is InChI=1S/C29H32N4O5S2/c1-5-32-25(31-13-11-20(12-14-31)28(36)38-6-2)22(18(3)23(16-30)26(32)34)15-24-27(35)33(29(39)40-24)17-19-7-9-21(37-4)10-8-19/h7-10,15,20H,5-6,11-14,17H2,1-4H3/b24-15+. The Balaban J connectivity index is 1.71. The Hall–Kier alpha value is -3.62. The van der Waals surface area contributed by atoms with Crippen LogP contribution in [-0.2, 0) is 27.4 Å². The van der Waals surface area contributed by atoms with Crippen molar-refractivity contribution in [2.45, 2.75) is 46.7 Å². The number of thiocarbonyl (C=S) groups is 1. The minimum absolute atomic E-state index is 0.0481. The van der Waals surface area contributed by atoms with Gasteiger partial charge in [-0.3, -0.25) is 23.9 Å². The number of hydrogen-bond acceptors (Lipinski definition) is 9. The molecule has 2 aromatic rings. The molecule has 9 nitrogen and oxygen atoms in total. The number of ether oxygens (including phenoxy) is 2. The highest BCUT2D eigenvalue weighted by Gasteiger charge is 2.34. The van der Waals surface area contributed by atoms with Crippen molar-refractivity contribution in [2.24, 2.45) is 5.92 Å². The number of methoxy groups -OCH3 is 1. The van der Waals surface area contributed by atoms with Gasteiger partial charge in [-0.05, 0) is 62.9 Å². The summed E-state index contributed by atoms with van der Waals surface area (Å²) in [4.78, 5) is 43.2. The van der Waals surface area contributed by atoms with Crippen molar-refractivity contribution < 1.29 is 19.1 Å². The van der Waals surface area contributed by atoms with Crippen LogP contribution in [0.2, 0.25) is 0 Å². The first-order valence-corrected chi connectivity index (χ1v) is 14.4. The third-order valence-electron chi connectivity index (χ3n) is 7.23. The lowest BCUT2D eigenvalue weighted by atomic mass is 9.95. The maximum atomic E-state index is 13.5.